The lowest BCUT2D eigenvalue weighted by Crippen LogP contribution is -2.35. The van der Waals surface area contributed by atoms with Crippen molar-refractivity contribution >= 4 is 40.5 Å². The summed E-state index contributed by atoms with van der Waals surface area (Å²) in [4.78, 5) is 15.6. The van der Waals surface area contributed by atoms with Crippen molar-refractivity contribution in [2.45, 2.75) is 32.5 Å². The minimum Gasteiger partial charge on any atom is -0.462 e. The summed E-state index contributed by atoms with van der Waals surface area (Å²) in [6.07, 6.45) is 3.17. The van der Waals surface area contributed by atoms with Crippen LogP contribution in [0, 0.1) is 6.92 Å². The number of nitrogens with zero attached hydrogens (tertiary/aromatic N) is 5. The number of aliphatic imine (C=N–C) groups is 2. The molecular formula is C28H29N7O2. The minimum absolute atomic E-state index is 0.229. The summed E-state index contributed by atoms with van der Waals surface area (Å²) in [5.41, 5.74) is 13.0. The Kier molecular flexibility index (Phi) is 5.38. The van der Waals surface area contributed by atoms with Crippen LogP contribution in [0.4, 0.5) is 17.1 Å². The first-order chi connectivity index (χ1) is 17.8. The zero-order valence-electron chi connectivity index (χ0n) is 21.3. The summed E-state index contributed by atoms with van der Waals surface area (Å²) in [6.45, 7) is 6.64. The number of fused-ring (bicyclic) bond motifs is 2. The number of nitrogens with two attached hydrogens (primary N) is 1. The minimum atomic E-state index is -0.408. The topological polar surface area (TPSA) is 102 Å². The molecule has 188 valence electrons. The molecule has 6 rings (SSSR count). The number of aromatic nitrogens is 2. The maximum absolute atomic E-state index is 6.71. The van der Waals surface area contributed by atoms with Gasteiger partial charge in [0.15, 0.2) is 0 Å². The van der Waals surface area contributed by atoms with Crippen LogP contribution < -0.4 is 20.7 Å². The molecule has 9 nitrogen and oxygen atoms in total. The summed E-state index contributed by atoms with van der Waals surface area (Å²) in [7, 11) is 1.97. The zero-order valence-corrected chi connectivity index (χ0v) is 21.3. The Hall–Kier alpha value is -4.37. The molecule has 1 aromatic heterocycles. The first kappa shape index (κ1) is 23.1. The number of hydrogen-bond donors (Lipinski definition) is 2. The Bertz CT molecular complexity index is 1570. The fourth-order valence-corrected chi connectivity index (χ4v) is 4.55. The van der Waals surface area contributed by atoms with Gasteiger partial charge in [0.05, 0.1) is 34.9 Å². The smallest absolute Gasteiger partial charge is 0.289 e. The fraction of sp³-hybridized carbons (Fsp3) is 0.250. The Labute approximate surface area is 215 Å². The van der Waals surface area contributed by atoms with E-state index in [0.29, 0.717) is 12.6 Å². The van der Waals surface area contributed by atoms with Crippen LogP contribution in [-0.2, 0) is 11.8 Å². The van der Waals surface area contributed by atoms with Gasteiger partial charge in [-0.05, 0) is 74.9 Å². The lowest BCUT2D eigenvalue weighted by Gasteiger charge is -2.31. The van der Waals surface area contributed by atoms with Gasteiger partial charge in [-0.2, -0.15) is 0 Å². The van der Waals surface area contributed by atoms with E-state index in [-0.39, 0.29) is 5.54 Å². The van der Waals surface area contributed by atoms with Crippen molar-refractivity contribution in [2.75, 3.05) is 16.8 Å². The summed E-state index contributed by atoms with van der Waals surface area (Å²) in [5.74, 6) is 1.51. The van der Waals surface area contributed by atoms with Gasteiger partial charge in [-0.3, -0.25) is 0 Å². The van der Waals surface area contributed by atoms with Crippen LogP contribution in [-0.4, -0.2) is 34.1 Å². The normalized spacial score (nSPS) is 17.9. The van der Waals surface area contributed by atoms with E-state index >= 15 is 0 Å². The van der Waals surface area contributed by atoms with Gasteiger partial charge in [0.25, 0.3) is 6.02 Å². The Morgan fingerprint density at radius 1 is 1.11 bits per heavy atom. The second-order valence-corrected chi connectivity index (χ2v) is 10.1. The maximum Gasteiger partial charge on any atom is 0.289 e. The van der Waals surface area contributed by atoms with Gasteiger partial charge in [0.2, 0.25) is 0 Å². The molecule has 2 aliphatic rings. The molecule has 3 N–H and O–H groups in total. The molecule has 1 unspecified atom stereocenters. The number of rotatable bonds is 4. The molecule has 0 spiro atoms. The Morgan fingerprint density at radius 3 is 2.76 bits per heavy atom. The van der Waals surface area contributed by atoms with Crippen molar-refractivity contribution in [3.63, 3.8) is 0 Å². The predicted molar refractivity (Wildman–Crippen MR) is 147 cm³/mol. The average Bonchev–Trinajstić information content (AvgIpc) is 3.41. The molecule has 3 aromatic carbocycles. The van der Waals surface area contributed by atoms with Gasteiger partial charge in [-0.25, -0.2) is 15.0 Å². The highest BCUT2D eigenvalue weighted by molar-refractivity contribution is 5.92. The van der Waals surface area contributed by atoms with E-state index in [1.54, 1.807) is 12.7 Å². The number of nitrogens with one attached hydrogen (secondary N) is 1. The van der Waals surface area contributed by atoms with E-state index < -0.39 is 6.17 Å². The third-order valence-corrected chi connectivity index (χ3v) is 6.57. The van der Waals surface area contributed by atoms with Crippen LogP contribution in [0.2, 0.25) is 0 Å². The van der Waals surface area contributed by atoms with Crippen molar-refractivity contribution in [3.8, 4) is 11.5 Å². The molecule has 3 heterocycles. The standard InChI is InChI=1S/C28H29N7O2/c1-17-11-19(6-10-25(17)37-20-7-9-24-23(13-20)30-15-34(24)4)35-16-31-22-8-5-18(12-21(22)26(35)29)32-27-33-28(2,3)14-36-27/h5-13,15-16,26H,14,29H2,1-4H3,(H,32,33). The predicted octanol–water partition coefficient (Wildman–Crippen LogP) is 5.39. The molecule has 0 bridgehead atoms. The molecule has 1 atom stereocenters. The highest BCUT2D eigenvalue weighted by Gasteiger charge is 2.27. The molecular weight excluding hydrogens is 466 g/mol. The molecule has 37 heavy (non-hydrogen) atoms. The molecule has 9 heteroatoms. The van der Waals surface area contributed by atoms with E-state index in [1.165, 1.54) is 0 Å². The second kappa shape index (κ2) is 8.63. The number of imidazole rings is 1. The summed E-state index contributed by atoms with van der Waals surface area (Å²) in [6, 6.07) is 18.3. The monoisotopic (exact) mass is 495 g/mol. The number of ether oxygens (including phenoxy) is 2. The lowest BCUT2D eigenvalue weighted by molar-refractivity contribution is 0.278. The van der Waals surface area contributed by atoms with Crippen LogP contribution in [0.5, 0.6) is 11.5 Å². The number of anilines is 2. The second-order valence-electron chi connectivity index (χ2n) is 10.1. The number of benzene rings is 3. The van der Waals surface area contributed by atoms with Crippen LogP contribution in [0.3, 0.4) is 0 Å². The van der Waals surface area contributed by atoms with Crippen molar-refractivity contribution in [1.82, 2.24) is 9.55 Å². The number of amidine groups is 1. The fourth-order valence-electron chi connectivity index (χ4n) is 4.55. The molecule has 4 aromatic rings. The van der Waals surface area contributed by atoms with Gasteiger partial charge in [0.1, 0.15) is 24.3 Å². The molecule has 0 saturated carbocycles. The van der Waals surface area contributed by atoms with Gasteiger partial charge >= 0.3 is 0 Å². The largest absolute Gasteiger partial charge is 0.462 e. The van der Waals surface area contributed by atoms with Crippen LogP contribution in [0.1, 0.15) is 31.1 Å². The summed E-state index contributed by atoms with van der Waals surface area (Å²) in [5, 5.41) is 3.25. The Morgan fingerprint density at radius 2 is 1.97 bits per heavy atom. The highest BCUT2D eigenvalue weighted by atomic mass is 16.5. The first-order valence-electron chi connectivity index (χ1n) is 12.2. The summed E-state index contributed by atoms with van der Waals surface area (Å²) < 4.78 is 13.8. The molecule has 0 amide bonds. The van der Waals surface area contributed by atoms with E-state index in [4.69, 9.17) is 15.2 Å². The maximum atomic E-state index is 6.71. The third kappa shape index (κ3) is 4.38. The van der Waals surface area contributed by atoms with E-state index in [1.807, 2.05) is 85.8 Å². The van der Waals surface area contributed by atoms with Crippen molar-refractivity contribution in [2.24, 2.45) is 22.8 Å². The molecule has 2 aliphatic heterocycles. The number of hydrogen-bond acceptors (Lipinski definition) is 8. The highest BCUT2D eigenvalue weighted by Crippen LogP contribution is 2.37. The van der Waals surface area contributed by atoms with Gasteiger partial charge in [0, 0.05) is 30.1 Å². The Balaban J connectivity index is 1.21. The zero-order chi connectivity index (χ0) is 25.7. The van der Waals surface area contributed by atoms with Crippen LogP contribution >= 0.6 is 0 Å². The van der Waals surface area contributed by atoms with Crippen molar-refractivity contribution in [3.05, 3.63) is 72.1 Å². The third-order valence-electron chi connectivity index (χ3n) is 6.57. The molecule has 0 aliphatic carbocycles. The van der Waals surface area contributed by atoms with Gasteiger partial charge in [-0.1, -0.05) is 0 Å². The van der Waals surface area contributed by atoms with Crippen molar-refractivity contribution in [1.29, 1.82) is 0 Å². The quantitative estimate of drug-likeness (QED) is 0.394. The van der Waals surface area contributed by atoms with E-state index in [9.17, 15) is 0 Å². The molecule has 0 fully saturated rings. The SMILES string of the molecule is Cc1cc(N2C=Nc3ccc(NC4=NC(C)(C)CO4)cc3C2N)ccc1Oc1ccc2c(c1)ncn2C. The molecule has 0 saturated heterocycles. The van der Waals surface area contributed by atoms with Crippen LogP contribution in [0.25, 0.3) is 11.0 Å². The van der Waals surface area contributed by atoms with E-state index in [2.05, 4.69) is 26.4 Å². The van der Waals surface area contributed by atoms with Gasteiger partial charge < -0.3 is 30.0 Å². The number of aryl methyl sites for hydroxylation is 2. The average molecular weight is 496 g/mol. The van der Waals surface area contributed by atoms with Crippen molar-refractivity contribution < 1.29 is 9.47 Å². The van der Waals surface area contributed by atoms with E-state index in [0.717, 1.165) is 50.7 Å². The van der Waals surface area contributed by atoms with Gasteiger partial charge in [-0.15, -0.1) is 0 Å². The summed E-state index contributed by atoms with van der Waals surface area (Å²) >= 11 is 0. The molecule has 0 radical (unpaired) electrons. The lowest BCUT2D eigenvalue weighted by atomic mass is 10.1. The first-order valence-corrected chi connectivity index (χ1v) is 12.2. The van der Waals surface area contributed by atoms with Crippen LogP contribution in [0.15, 0.2) is 70.9 Å².